The van der Waals surface area contributed by atoms with Gasteiger partial charge in [0, 0.05) is 6.20 Å². The zero-order chi connectivity index (χ0) is 11.1. The molecule has 14 heavy (non-hydrogen) atoms. The molecule has 0 radical (unpaired) electrons. The van der Waals surface area contributed by atoms with Gasteiger partial charge in [0.1, 0.15) is 5.82 Å². The third-order valence-corrected chi connectivity index (χ3v) is 2.36. The number of nitrogen functional groups attached to an aromatic ring is 1. The predicted octanol–water partition coefficient (Wildman–Crippen LogP) is 3.45. The van der Waals surface area contributed by atoms with Gasteiger partial charge < -0.3 is 5.73 Å². The van der Waals surface area contributed by atoms with Crippen molar-refractivity contribution in [2.24, 2.45) is 5.92 Å². The standard InChI is InChI=1S/C10H16N2.C2H6/c1-7(2)8(3)9-5-4-6-12-10(9)11;1-2/h4-8H,1-3H3,(H2,11,12);1-2H3. The van der Waals surface area contributed by atoms with Gasteiger partial charge in [-0.15, -0.1) is 0 Å². The molecule has 0 bridgehead atoms. The molecule has 1 unspecified atom stereocenters. The molecule has 0 aliphatic carbocycles. The Morgan fingerprint density at radius 2 is 1.79 bits per heavy atom. The van der Waals surface area contributed by atoms with Gasteiger partial charge >= 0.3 is 0 Å². The van der Waals surface area contributed by atoms with Crippen LogP contribution >= 0.6 is 0 Å². The largest absolute Gasteiger partial charge is 0.383 e. The van der Waals surface area contributed by atoms with Crippen LogP contribution in [0, 0.1) is 5.92 Å². The van der Waals surface area contributed by atoms with Gasteiger partial charge in [0.05, 0.1) is 0 Å². The van der Waals surface area contributed by atoms with Gasteiger partial charge in [0.25, 0.3) is 0 Å². The summed E-state index contributed by atoms with van der Waals surface area (Å²) in [6.45, 7) is 10.6. The molecule has 1 aromatic heterocycles. The van der Waals surface area contributed by atoms with Crippen molar-refractivity contribution in [3.8, 4) is 0 Å². The lowest BCUT2D eigenvalue weighted by molar-refractivity contribution is 0.535. The molecule has 0 spiro atoms. The lowest BCUT2D eigenvalue weighted by Gasteiger charge is -2.16. The van der Waals surface area contributed by atoms with Crippen LogP contribution in [0.2, 0.25) is 0 Å². The Labute approximate surface area is 87.6 Å². The first-order chi connectivity index (χ1) is 6.63. The zero-order valence-corrected chi connectivity index (χ0v) is 9.91. The molecule has 1 rings (SSSR count). The molecule has 0 saturated heterocycles. The quantitative estimate of drug-likeness (QED) is 0.783. The first-order valence-electron chi connectivity index (χ1n) is 5.33. The summed E-state index contributed by atoms with van der Waals surface area (Å²) in [5, 5.41) is 0. The van der Waals surface area contributed by atoms with Gasteiger partial charge in [0.2, 0.25) is 0 Å². The monoisotopic (exact) mass is 194 g/mol. The van der Waals surface area contributed by atoms with E-state index in [1.807, 2.05) is 26.0 Å². The normalized spacial score (nSPS) is 11.9. The van der Waals surface area contributed by atoms with E-state index in [0.717, 1.165) is 5.56 Å². The number of rotatable bonds is 2. The van der Waals surface area contributed by atoms with Crippen molar-refractivity contribution in [2.75, 3.05) is 5.73 Å². The van der Waals surface area contributed by atoms with Gasteiger partial charge in [-0.05, 0) is 23.5 Å². The Morgan fingerprint density at radius 3 is 2.21 bits per heavy atom. The topological polar surface area (TPSA) is 38.9 Å². The third-order valence-electron chi connectivity index (χ3n) is 2.36. The van der Waals surface area contributed by atoms with Crippen LogP contribution in [-0.4, -0.2) is 4.98 Å². The van der Waals surface area contributed by atoms with Crippen molar-refractivity contribution >= 4 is 5.82 Å². The van der Waals surface area contributed by atoms with Crippen LogP contribution in [0.25, 0.3) is 0 Å². The minimum absolute atomic E-state index is 0.485. The number of hydrogen-bond acceptors (Lipinski definition) is 2. The van der Waals surface area contributed by atoms with Crippen LogP contribution in [0.15, 0.2) is 18.3 Å². The van der Waals surface area contributed by atoms with E-state index >= 15 is 0 Å². The second-order valence-electron chi connectivity index (χ2n) is 3.51. The Hall–Kier alpha value is -1.05. The molecule has 1 aromatic rings. The van der Waals surface area contributed by atoms with Crippen LogP contribution in [0.5, 0.6) is 0 Å². The maximum atomic E-state index is 5.75. The minimum atomic E-state index is 0.485. The molecule has 0 fully saturated rings. The summed E-state index contributed by atoms with van der Waals surface area (Å²) in [5.41, 5.74) is 6.91. The second kappa shape index (κ2) is 6.41. The molecule has 2 nitrogen and oxygen atoms in total. The van der Waals surface area contributed by atoms with Crippen molar-refractivity contribution in [1.29, 1.82) is 0 Å². The second-order valence-corrected chi connectivity index (χ2v) is 3.51. The van der Waals surface area contributed by atoms with Crippen molar-refractivity contribution in [1.82, 2.24) is 4.98 Å². The van der Waals surface area contributed by atoms with E-state index in [1.165, 1.54) is 0 Å². The van der Waals surface area contributed by atoms with E-state index < -0.39 is 0 Å². The number of nitrogens with two attached hydrogens (primary N) is 1. The molecular formula is C12H22N2. The van der Waals surface area contributed by atoms with Crippen LogP contribution in [0.3, 0.4) is 0 Å². The smallest absolute Gasteiger partial charge is 0.126 e. The van der Waals surface area contributed by atoms with Gasteiger partial charge in [-0.25, -0.2) is 4.98 Å². The van der Waals surface area contributed by atoms with Crippen LogP contribution in [-0.2, 0) is 0 Å². The highest BCUT2D eigenvalue weighted by Crippen LogP contribution is 2.26. The van der Waals surface area contributed by atoms with Crippen molar-refractivity contribution in [3.05, 3.63) is 23.9 Å². The van der Waals surface area contributed by atoms with E-state index in [9.17, 15) is 0 Å². The summed E-state index contributed by atoms with van der Waals surface area (Å²) in [4.78, 5) is 4.06. The van der Waals surface area contributed by atoms with Crippen LogP contribution in [0.1, 0.15) is 46.1 Å². The van der Waals surface area contributed by atoms with E-state index in [4.69, 9.17) is 5.73 Å². The van der Waals surface area contributed by atoms with E-state index in [0.29, 0.717) is 17.7 Å². The predicted molar refractivity (Wildman–Crippen MR) is 63.3 cm³/mol. The molecule has 1 atom stereocenters. The Bertz CT molecular complexity index is 256. The summed E-state index contributed by atoms with van der Waals surface area (Å²) in [5.74, 6) is 1.76. The van der Waals surface area contributed by atoms with E-state index in [2.05, 4.69) is 25.8 Å². The zero-order valence-electron chi connectivity index (χ0n) is 9.91. The third kappa shape index (κ3) is 3.36. The number of pyridine rings is 1. The number of aromatic nitrogens is 1. The van der Waals surface area contributed by atoms with E-state index in [1.54, 1.807) is 6.20 Å². The molecule has 80 valence electrons. The molecular weight excluding hydrogens is 172 g/mol. The molecule has 0 aliphatic rings. The van der Waals surface area contributed by atoms with Crippen molar-refractivity contribution < 1.29 is 0 Å². The Balaban J connectivity index is 0.000000791. The highest BCUT2D eigenvalue weighted by molar-refractivity contribution is 5.40. The lowest BCUT2D eigenvalue weighted by Crippen LogP contribution is -2.06. The summed E-state index contributed by atoms with van der Waals surface area (Å²) < 4.78 is 0. The van der Waals surface area contributed by atoms with Gasteiger partial charge in [0.15, 0.2) is 0 Å². The van der Waals surface area contributed by atoms with Crippen LogP contribution in [0.4, 0.5) is 5.82 Å². The fourth-order valence-corrected chi connectivity index (χ4v) is 1.17. The molecule has 0 amide bonds. The molecule has 0 aromatic carbocycles. The summed E-state index contributed by atoms with van der Waals surface area (Å²) >= 11 is 0. The summed E-state index contributed by atoms with van der Waals surface area (Å²) in [6, 6.07) is 3.98. The summed E-state index contributed by atoms with van der Waals surface area (Å²) in [6.07, 6.45) is 1.73. The first kappa shape index (κ1) is 12.9. The highest BCUT2D eigenvalue weighted by atomic mass is 14.8. The average Bonchev–Trinajstić information content (AvgIpc) is 2.20. The first-order valence-corrected chi connectivity index (χ1v) is 5.33. The summed E-state index contributed by atoms with van der Waals surface area (Å²) in [7, 11) is 0. The SMILES string of the molecule is CC.CC(C)C(C)c1cccnc1N. The van der Waals surface area contributed by atoms with Crippen molar-refractivity contribution in [2.45, 2.75) is 40.5 Å². The Morgan fingerprint density at radius 1 is 1.21 bits per heavy atom. The fourth-order valence-electron chi connectivity index (χ4n) is 1.17. The van der Waals surface area contributed by atoms with Crippen LogP contribution < -0.4 is 5.73 Å². The molecule has 1 heterocycles. The molecule has 2 N–H and O–H groups in total. The molecule has 0 aliphatic heterocycles. The van der Waals surface area contributed by atoms with E-state index in [-0.39, 0.29) is 0 Å². The number of hydrogen-bond donors (Lipinski definition) is 1. The Kier molecular flexibility index (Phi) is 5.93. The lowest BCUT2D eigenvalue weighted by atomic mass is 9.91. The van der Waals surface area contributed by atoms with Gasteiger partial charge in [-0.1, -0.05) is 40.7 Å². The molecule has 0 saturated carbocycles. The average molecular weight is 194 g/mol. The van der Waals surface area contributed by atoms with Crippen molar-refractivity contribution in [3.63, 3.8) is 0 Å². The minimum Gasteiger partial charge on any atom is -0.383 e. The maximum absolute atomic E-state index is 5.75. The molecule has 2 heteroatoms. The fraction of sp³-hybridized carbons (Fsp3) is 0.583. The number of anilines is 1. The van der Waals surface area contributed by atoms with Gasteiger partial charge in [-0.2, -0.15) is 0 Å². The number of nitrogens with zero attached hydrogens (tertiary/aromatic N) is 1. The highest BCUT2D eigenvalue weighted by Gasteiger charge is 2.12. The maximum Gasteiger partial charge on any atom is 0.126 e. The van der Waals surface area contributed by atoms with Gasteiger partial charge in [-0.3, -0.25) is 0 Å².